The number of para-hydroxylation sites is 1. The second-order valence-electron chi connectivity index (χ2n) is 6.85. The number of aryl methyl sites for hydroxylation is 2. The number of benzene rings is 1. The highest BCUT2D eigenvalue weighted by molar-refractivity contribution is 5.79. The summed E-state index contributed by atoms with van der Waals surface area (Å²) in [5, 5.41) is 15.0. The lowest BCUT2D eigenvalue weighted by atomic mass is 10.1. The zero-order valence-corrected chi connectivity index (χ0v) is 15.2. The topological polar surface area (TPSA) is 92.4 Å². The van der Waals surface area contributed by atoms with Gasteiger partial charge in [0.25, 0.3) is 0 Å². The molecule has 7 heteroatoms. The molecule has 4 rings (SSSR count). The fraction of sp³-hybridized carbons (Fsp3) is 0.400. The molecule has 0 aliphatic carbocycles. The van der Waals surface area contributed by atoms with Crippen molar-refractivity contribution in [2.24, 2.45) is 0 Å². The number of carbonyl (C=O) groups is 1. The first-order valence-electron chi connectivity index (χ1n) is 9.28. The molecule has 3 aromatic rings. The van der Waals surface area contributed by atoms with Crippen LogP contribution >= 0.6 is 0 Å². The molecule has 0 saturated carbocycles. The number of rotatable bonds is 5. The zero-order valence-electron chi connectivity index (χ0n) is 15.2. The van der Waals surface area contributed by atoms with Crippen molar-refractivity contribution in [1.82, 2.24) is 20.0 Å². The Balaban J connectivity index is 1.45. The Morgan fingerprint density at radius 3 is 2.93 bits per heavy atom. The molecule has 27 heavy (non-hydrogen) atoms. The molecule has 0 bridgehead atoms. The fourth-order valence-corrected chi connectivity index (χ4v) is 3.50. The van der Waals surface area contributed by atoms with E-state index in [-0.39, 0.29) is 11.9 Å². The van der Waals surface area contributed by atoms with Gasteiger partial charge in [-0.2, -0.15) is 4.98 Å². The molecule has 1 aliphatic rings. The van der Waals surface area contributed by atoms with Gasteiger partial charge in [-0.1, -0.05) is 36.3 Å². The molecule has 1 aromatic carbocycles. The molecule has 1 aliphatic heterocycles. The molecule has 2 atom stereocenters. The van der Waals surface area contributed by atoms with E-state index >= 15 is 0 Å². The minimum Gasteiger partial charge on any atom is -0.391 e. The Labute approximate surface area is 157 Å². The predicted octanol–water partition coefficient (Wildman–Crippen LogP) is 2.45. The van der Waals surface area contributed by atoms with Crippen LogP contribution in [-0.2, 0) is 17.6 Å². The van der Waals surface area contributed by atoms with Gasteiger partial charge in [-0.05, 0) is 18.6 Å². The van der Waals surface area contributed by atoms with Crippen LogP contribution in [-0.4, -0.2) is 43.7 Å². The Morgan fingerprint density at radius 1 is 1.26 bits per heavy atom. The van der Waals surface area contributed by atoms with Gasteiger partial charge >= 0.3 is 0 Å². The molecule has 140 valence electrons. The van der Waals surface area contributed by atoms with Crippen LogP contribution in [0.3, 0.4) is 0 Å². The van der Waals surface area contributed by atoms with E-state index in [1.54, 1.807) is 4.90 Å². The van der Waals surface area contributed by atoms with Crippen LogP contribution in [0.15, 0.2) is 40.9 Å². The maximum Gasteiger partial charge on any atom is 0.249 e. The molecule has 0 unspecified atom stereocenters. The smallest absolute Gasteiger partial charge is 0.249 e. The Kier molecular flexibility index (Phi) is 4.85. The third-order valence-electron chi connectivity index (χ3n) is 4.94. The highest BCUT2D eigenvalue weighted by Crippen LogP contribution is 2.32. The number of aliphatic hydroxyl groups excluding tert-OH is 1. The van der Waals surface area contributed by atoms with E-state index in [0.29, 0.717) is 43.9 Å². The number of aliphatic hydroxyl groups is 1. The molecule has 1 saturated heterocycles. The quantitative estimate of drug-likeness (QED) is 0.746. The average molecular weight is 366 g/mol. The molecule has 1 N–H and O–H groups in total. The molecule has 0 radical (unpaired) electrons. The summed E-state index contributed by atoms with van der Waals surface area (Å²) in [6, 6.07) is 11.5. The van der Waals surface area contributed by atoms with Gasteiger partial charge in [0.05, 0.1) is 11.6 Å². The van der Waals surface area contributed by atoms with Crippen LogP contribution < -0.4 is 0 Å². The number of carbonyl (C=O) groups excluding carboxylic acids is 1. The first-order valence-corrected chi connectivity index (χ1v) is 9.28. The Morgan fingerprint density at radius 2 is 2.11 bits per heavy atom. The Bertz CT molecular complexity index is 955. The zero-order chi connectivity index (χ0) is 18.8. The van der Waals surface area contributed by atoms with Crippen LogP contribution in [0.25, 0.3) is 10.9 Å². The Hall–Kier alpha value is -2.80. The van der Waals surface area contributed by atoms with Gasteiger partial charge < -0.3 is 14.5 Å². The van der Waals surface area contributed by atoms with Gasteiger partial charge in [0.15, 0.2) is 5.82 Å². The van der Waals surface area contributed by atoms with Crippen molar-refractivity contribution in [3.8, 4) is 0 Å². The minimum absolute atomic E-state index is 0.0391. The number of likely N-dealkylation sites (tertiary alicyclic amines) is 1. The lowest BCUT2D eigenvalue weighted by molar-refractivity contribution is -0.132. The second kappa shape index (κ2) is 7.44. The van der Waals surface area contributed by atoms with E-state index in [0.717, 1.165) is 16.6 Å². The van der Waals surface area contributed by atoms with Gasteiger partial charge in [-0.25, -0.2) is 0 Å². The first kappa shape index (κ1) is 17.6. The molecular formula is C20H22N4O3. The summed E-state index contributed by atoms with van der Waals surface area (Å²) in [6.45, 7) is 2.23. The number of pyridine rings is 1. The summed E-state index contributed by atoms with van der Waals surface area (Å²) in [5.41, 5.74) is 1.80. The second-order valence-corrected chi connectivity index (χ2v) is 6.85. The number of fused-ring (bicyclic) bond motifs is 1. The SMILES string of the molecule is CCc1noc([C@H]2C[C@H](O)CN2C(=O)CCc2ccc3ccccc3n2)n1. The molecule has 3 heterocycles. The monoisotopic (exact) mass is 366 g/mol. The van der Waals surface area contributed by atoms with Crippen molar-refractivity contribution >= 4 is 16.8 Å². The highest BCUT2D eigenvalue weighted by Gasteiger charge is 2.38. The molecule has 1 fully saturated rings. The van der Waals surface area contributed by atoms with Gasteiger partial charge in [0.2, 0.25) is 11.8 Å². The average Bonchev–Trinajstić information content (AvgIpc) is 3.32. The van der Waals surface area contributed by atoms with E-state index < -0.39 is 6.10 Å². The van der Waals surface area contributed by atoms with E-state index in [9.17, 15) is 9.90 Å². The van der Waals surface area contributed by atoms with Crippen LogP contribution in [0.1, 0.15) is 43.2 Å². The first-order chi connectivity index (χ1) is 13.1. The lowest BCUT2D eigenvalue weighted by Crippen LogP contribution is -2.32. The van der Waals surface area contributed by atoms with E-state index in [2.05, 4.69) is 15.1 Å². The van der Waals surface area contributed by atoms with Crippen molar-refractivity contribution in [3.05, 3.63) is 53.8 Å². The molecule has 1 amide bonds. The normalized spacial score (nSPS) is 19.7. The van der Waals surface area contributed by atoms with Gasteiger partial charge in [0, 0.05) is 36.9 Å². The summed E-state index contributed by atoms with van der Waals surface area (Å²) in [5.74, 6) is 0.975. The molecular weight excluding hydrogens is 344 g/mol. The van der Waals surface area contributed by atoms with Gasteiger partial charge in [-0.3, -0.25) is 9.78 Å². The summed E-state index contributed by atoms with van der Waals surface area (Å²) < 4.78 is 5.30. The van der Waals surface area contributed by atoms with E-state index in [1.807, 2.05) is 43.3 Å². The van der Waals surface area contributed by atoms with Crippen molar-refractivity contribution in [3.63, 3.8) is 0 Å². The van der Waals surface area contributed by atoms with Crippen molar-refractivity contribution in [1.29, 1.82) is 0 Å². The van der Waals surface area contributed by atoms with Crippen LogP contribution in [0.2, 0.25) is 0 Å². The maximum absolute atomic E-state index is 12.8. The van der Waals surface area contributed by atoms with Crippen LogP contribution in [0.4, 0.5) is 0 Å². The third-order valence-corrected chi connectivity index (χ3v) is 4.94. The van der Waals surface area contributed by atoms with Crippen LogP contribution in [0, 0.1) is 0 Å². The fourth-order valence-electron chi connectivity index (χ4n) is 3.50. The number of hydrogen-bond acceptors (Lipinski definition) is 6. The largest absolute Gasteiger partial charge is 0.391 e. The highest BCUT2D eigenvalue weighted by atomic mass is 16.5. The third kappa shape index (κ3) is 3.68. The van der Waals surface area contributed by atoms with Gasteiger partial charge in [-0.15, -0.1) is 0 Å². The standard InChI is InChI=1S/C20H22N4O3/c1-2-18-22-20(27-23-18)17-11-15(25)12-24(17)19(26)10-9-14-8-7-13-5-3-4-6-16(13)21-14/h3-8,15,17,25H,2,9-12H2,1H3/t15-,17+/m0/s1. The molecule has 0 spiro atoms. The molecule has 2 aromatic heterocycles. The van der Waals surface area contributed by atoms with Crippen LogP contribution in [0.5, 0.6) is 0 Å². The minimum atomic E-state index is -0.574. The van der Waals surface area contributed by atoms with Crippen molar-refractivity contribution in [2.75, 3.05) is 6.54 Å². The number of β-amino-alcohol motifs (C(OH)–C–C–N with tert-alkyl or cyclic N) is 1. The predicted molar refractivity (Wildman–Crippen MR) is 98.8 cm³/mol. The molecule has 7 nitrogen and oxygen atoms in total. The van der Waals surface area contributed by atoms with Crippen molar-refractivity contribution < 1.29 is 14.4 Å². The maximum atomic E-state index is 12.8. The number of nitrogens with zero attached hydrogens (tertiary/aromatic N) is 4. The van der Waals surface area contributed by atoms with E-state index in [4.69, 9.17) is 4.52 Å². The lowest BCUT2D eigenvalue weighted by Gasteiger charge is -2.21. The van der Waals surface area contributed by atoms with E-state index in [1.165, 1.54) is 0 Å². The summed E-state index contributed by atoms with van der Waals surface area (Å²) >= 11 is 0. The number of amides is 1. The summed E-state index contributed by atoms with van der Waals surface area (Å²) in [4.78, 5) is 23.4. The summed E-state index contributed by atoms with van der Waals surface area (Å²) in [6.07, 6.45) is 1.39. The van der Waals surface area contributed by atoms with Crippen molar-refractivity contribution in [2.45, 2.75) is 44.8 Å². The number of hydrogen-bond donors (Lipinski definition) is 1. The number of aromatic nitrogens is 3. The van der Waals surface area contributed by atoms with Gasteiger partial charge in [0.1, 0.15) is 6.04 Å². The summed E-state index contributed by atoms with van der Waals surface area (Å²) in [7, 11) is 0.